The highest BCUT2D eigenvalue weighted by molar-refractivity contribution is 5.59. The van der Waals surface area contributed by atoms with Crippen LogP contribution in [0, 0.1) is 17.2 Å². The predicted octanol–water partition coefficient (Wildman–Crippen LogP) is 3.06. The number of fused-ring (bicyclic) bond motifs is 1. The maximum atomic E-state index is 9.22. The van der Waals surface area contributed by atoms with E-state index in [0.717, 1.165) is 42.1 Å². The normalized spacial score (nSPS) is 23.4. The Hall–Kier alpha value is -3.27. The molecule has 2 saturated heterocycles. The molecular formula is C23H22N6. The first-order valence-corrected chi connectivity index (χ1v) is 9.97. The van der Waals surface area contributed by atoms with E-state index in [0.29, 0.717) is 17.5 Å². The molecule has 3 unspecified atom stereocenters. The molecule has 2 N–H and O–H groups in total. The summed E-state index contributed by atoms with van der Waals surface area (Å²) in [6.45, 7) is 1.84. The van der Waals surface area contributed by atoms with Crippen LogP contribution < -0.4 is 15.8 Å². The van der Waals surface area contributed by atoms with Crippen LogP contribution in [0.15, 0.2) is 66.7 Å². The SMILES string of the molecule is N#Cc1cccc(C2NNC3CCN(c4ccc(-c5ccccc5)nn4)CC32)c1. The van der Waals surface area contributed by atoms with Gasteiger partial charge in [-0.2, -0.15) is 5.26 Å². The zero-order valence-electron chi connectivity index (χ0n) is 16.0. The lowest BCUT2D eigenvalue weighted by atomic mass is 9.85. The topological polar surface area (TPSA) is 76.9 Å². The van der Waals surface area contributed by atoms with Crippen LogP contribution in [0.3, 0.4) is 0 Å². The highest BCUT2D eigenvalue weighted by atomic mass is 15.4. The number of nitrogens with one attached hydrogen (secondary N) is 2. The second-order valence-electron chi connectivity index (χ2n) is 7.65. The van der Waals surface area contributed by atoms with Crippen molar-refractivity contribution in [2.24, 2.45) is 5.92 Å². The molecule has 2 aromatic carbocycles. The first-order valence-electron chi connectivity index (χ1n) is 9.97. The van der Waals surface area contributed by atoms with E-state index in [-0.39, 0.29) is 6.04 Å². The van der Waals surface area contributed by atoms with Crippen LogP contribution in [-0.4, -0.2) is 29.3 Å². The fraction of sp³-hybridized carbons (Fsp3) is 0.261. The van der Waals surface area contributed by atoms with Crippen LogP contribution in [0.1, 0.15) is 23.6 Å². The van der Waals surface area contributed by atoms with Gasteiger partial charge in [-0.15, -0.1) is 10.2 Å². The van der Waals surface area contributed by atoms with E-state index in [9.17, 15) is 5.26 Å². The van der Waals surface area contributed by atoms with E-state index in [2.05, 4.69) is 44.2 Å². The maximum Gasteiger partial charge on any atom is 0.151 e. The summed E-state index contributed by atoms with van der Waals surface area (Å²) in [4.78, 5) is 2.32. The van der Waals surface area contributed by atoms with E-state index >= 15 is 0 Å². The molecule has 1 aromatic heterocycles. The summed E-state index contributed by atoms with van der Waals surface area (Å²) >= 11 is 0. The van der Waals surface area contributed by atoms with Crippen LogP contribution in [0.25, 0.3) is 11.3 Å². The lowest BCUT2D eigenvalue weighted by Crippen LogP contribution is -2.46. The minimum Gasteiger partial charge on any atom is -0.355 e. The summed E-state index contributed by atoms with van der Waals surface area (Å²) < 4.78 is 0. The van der Waals surface area contributed by atoms with E-state index < -0.39 is 0 Å². The molecule has 144 valence electrons. The van der Waals surface area contributed by atoms with Gasteiger partial charge in [0.15, 0.2) is 5.82 Å². The Kier molecular flexibility index (Phi) is 4.68. The molecule has 0 spiro atoms. The van der Waals surface area contributed by atoms with Crippen LogP contribution in [0.5, 0.6) is 0 Å². The maximum absolute atomic E-state index is 9.22. The summed E-state index contributed by atoms with van der Waals surface area (Å²) in [5.41, 5.74) is 10.7. The molecule has 2 fully saturated rings. The summed E-state index contributed by atoms with van der Waals surface area (Å²) in [5, 5.41) is 18.2. The van der Waals surface area contributed by atoms with Crippen molar-refractivity contribution in [3.63, 3.8) is 0 Å². The molecule has 0 bridgehead atoms. The Bertz CT molecular complexity index is 1030. The minimum atomic E-state index is 0.174. The number of hydrogen-bond donors (Lipinski definition) is 2. The number of benzene rings is 2. The third-order valence-corrected chi connectivity index (χ3v) is 5.93. The molecule has 3 aromatic rings. The van der Waals surface area contributed by atoms with Gasteiger partial charge in [0.2, 0.25) is 0 Å². The standard InChI is InChI=1S/C23H22N6/c24-14-16-5-4-8-18(13-16)23-19-15-29(12-11-21(19)26-28-23)22-10-9-20(25-27-22)17-6-2-1-3-7-17/h1-10,13,19,21,23,26,28H,11-12,15H2. The molecule has 29 heavy (non-hydrogen) atoms. The number of piperidine rings is 1. The van der Waals surface area contributed by atoms with E-state index in [1.54, 1.807) is 0 Å². The Morgan fingerprint density at radius 2 is 1.86 bits per heavy atom. The lowest BCUT2D eigenvalue weighted by Gasteiger charge is -2.36. The quantitative estimate of drug-likeness (QED) is 0.725. The number of nitriles is 1. The summed E-state index contributed by atoms with van der Waals surface area (Å²) in [7, 11) is 0. The van der Waals surface area contributed by atoms with Gasteiger partial charge in [0, 0.05) is 30.6 Å². The molecule has 2 aliphatic rings. The molecule has 6 heteroatoms. The fourth-order valence-corrected chi connectivity index (χ4v) is 4.40. The highest BCUT2D eigenvalue weighted by Crippen LogP contribution is 2.35. The third-order valence-electron chi connectivity index (χ3n) is 5.93. The number of hydrogen-bond acceptors (Lipinski definition) is 6. The summed E-state index contributed by atoms with van der Waals surface area (Å²) in [6.07, 6.45) is 1.04. The largest absolute Gasteiger partial charge is 0.355 e. The average molecular weight is 382 g/mol. The van der Waals surface area contributed by atoms with Crippen LogP contribution in [0.2, 0.25) is 0 Å². The van der Waals surface area contributed by atoms with Gasteiger partial charge in [0.1, 0.15) is 0 Å². The third kappa shape index (κ3) is 3.46. The van der Waals surface area contributed by atoms with Crippen molar-refractivity contribution < 1.29 is 0 Å². The molecule has 2 aliphatic heterocycles. The Balaban J connectivity index is 1.35. The smallest absolute Gasteiger partial charge is 0.151 e. The zero-order valence-corrected chi connectivity index (χ0v) is 16.0. The predicted molar refractivity (Wildman–Crippen MR) is 112 cm³/mol. The second kappa shape index (κ2) is 7.63. The van der Waals surface area contributed by atoms with Crippen molar-refractivity contribution in [1.29, 1.82) is 5.26 Å². The first-order chi connectivity index (χ1) is 14.3. The Morgan fingerprint density at radius 3 is 2.66 bits per heavy atom. The number of hydrazine groups is 1. The van der Waals surface area contributed by atoms with Gasteiger partial charge in [-0.25, -0.2) is 5.43 Å². The molecule has 5 rings (SSSR count). The number of nitrogens with zero attached hydrogens (tertiary/aromatic N) is 4. The molecular weight excluding hydrogens is 360 g/mol. The Morgan fingerprint density at radius 1 is 0.966 bits per heavy atom. The van der Waals surface area contributed by atoms with Gasteiger partial charge in [0.25, 0.3) is 0 Å². The first kappa shape index (κ1) is 17.8. The average Bonchev–Trinajstić information content (AvgIpc) is 3.23. The summed E-state index contributed by atoms with van der Waals surface area (Å²) in [6, 6.07) is 24.9. The van der Waals surface area contributed by atoms with Crippen molar-refractivity contribution in [2.45, 2.75) is 18.5 Å². The van der Waals surface area contributed by atoms with Crippen molar-refractivity contribution in [1.82, 2.24) is 21.0 Å². The van der Waals surface area contributed by atoms with Crippen LogP contribution >= 0.6 is 0 Å². The van der Waals surface area contributed by atoms with Crippen molar-refractivity contribution in [3.8, 4) is 17.3 Å². The van der Waals surface area contributed by atoms with E-state index in [1.165, 1.54) is 0 Å². The van der Waals surface area contributed by atoms with Gasteiger partial charge in [-0.05, 0) is 36.2 Å². The monoisotopic (exact) mass is 382 g/mol. The molecule has 0 aliphatic carbocycles. The Labute approximate surface area is 170 Å². The molecule has 0 radical (unpaired) electrons. The summed E-state index contributed by atoms with van der Waals surface area (Å²) in [5.74, 6) is 1.31. The van der Waals surface area contributed by atoms with Crippen molar-refractivity contribution in [2.75, 3.05) is 18.0 Å². The van der Waals surface area contributed by atoms with E-state index in [1.807, 2.05) is 54.6 Å². The molecule has 6 nitrogen and oxygen atoms in total. The fourth-order valence-electron chi connectivity index (χ4n) is 4.40. The molecule has 0 saturated carbocycles. The number of rotatable bonds is 3. The van der Waals surface area contributed by atoms with Crippen molar-refractivity contribution in [3.05, 3.63) is 77.9 Å². The number of aromatic nitrogens is 2. The minimum absolute atomic E-state index is 0.174. The second-order valence-corrected chi connectivity index (χ2v) is 7.65. The van der Waals surface area contributed by atoms with Crippen LogP contribution in [-0.2, 0) is 0 Å². The number of anilines is 1. The van der Waals surface area contributed by atoms with Gasteiger partial charge >= 0.3 is 0 Å². The van der Waals surface area contributed by atoms with Gasteiger partial charge < -0.3 is 4.90 Å². The van der Waals surface area contributed by atoms with Crippen molar-refractivity contribution >= 4 is 5.82 Å². The molecule has 0 amide bonds. The van der Waals surface area contributed by atoms with Gasteiger partial charge in [0.05, 0.1) is 23.4 Å². The molecule has 3 atom stereocenters. The zero-order chi connectivity index (χ0) is 19.6. The lowest BCUT2D eigenvalue weighted by molar-refractivity contribution is 0.354. The van der Waals surface area contributed by atoms with Gasteiger partial charge in [-0.1, -0.05) is 42.5 Å². The molecule has 3 heterocycles. The van der Waals surface area contributed by atoms with E-state index in [4.69, 9.17) is 0 Å². The van der Waals surface area contributed by atoms with Crippen LogP contribution in [0.4, 0.5) is 5.82 Å². The highest BCUT2D eigenvalue weighted by Gasteiger charge is 2.40. The van der Waals surface area contributed by atoms with Gasteiger partial charge in [-0.3, -0.25) is 5.43 Å².